The summed E-state index contributed by atoms with van der Waals surface area (Å²) in [6, 6.07) is 12.2. The highest BCUT2D eigenvalue weighted by Gasteiger charge is 2.27. The Balaban J connectivity index is 1.12. The minimum absolute atomic E-state index is 0.0160. The summed E-state index contributed by atoms with van der Waals surface area (Å²) in [7, 11) is 0. The molecule has 5 heterocycles. The quantitative estimate of drug-likeness (QED) is 0.384. The summed E-state index contributed by atoms with van der Waals surface area (Å²) in [5, 5.41) is 10.3. The average Bonchev–Trinajstić information content (AvgIpc) is 3.56. The van der Waals surface area contributed by atoms with E-state index in [-0.39, 0.29) is 11.8 Å². The molecule has 0 unspecified atom stereocenters. The van der Waals surface area contributed by atoms with Gasteiger partial charge in [-0.05, 0) is 42.7 Å². The van der Waals surface area contributed by atoms with Crippen LogP contribution in [0.15, 0.2) is 48.8 Å². The number of hydrogen-bond donors (Lipinski definition) is 3. The molecule has 0 spiro atoms. The van der Waals surface area contributed by atoms with Crippen molar-refractivity contribution in [2.45, 2.75) is 19.4 Å². The molecule has 1 aromatic carbocycles. The number of H-pyrrole nitrogens is 2. The zero-order valence-electron chi connectivity index (χ0n) is 20.1. The van der Waals surface area contributed by atoms with Crippen LogP contribution in [0.1, 0.15) is 18.4 Å². The lowest BCUT2D eigenvalue weighted by atomic mass is 9.96. The fraction of sp³-hybridized carbons (Fsp3) is 0.385. The van der Waals surface area contributed by atoms with Crippen molar-refractivity contribution in [1.82, 2.24) is 30.0 Å². The van der Waals surface area contributed by atoms with E-state index in [1.165, 1.54) is 5.56 Å². The highest BCUT2D eigenvalue weighted by Crippen LogP contribution is 2.28. The van der Waals surface area contributed by atoms with Gasteiger partial charge in [-0.25, -0.2) is 9.97 Å². The van der Waals surface area contributed by atoms with Crippen molar-refractivity contribution >= 4 is 28.4 Å². The Morgan fingerprint density at radius 1 is 1.11 bits per heavy atom. The first-order valence-electron chi connectivity index (χ1n) is 12.5. The lowest BCUT2D eigenvalue weighted by Gasteiger charge is -2.32. The van der Waals surface area contributed by atoms with E-state index in [0.29, 0.717) is 17.2 Å². The second kappa shape index (κ2) is 10.1. The van der Waals surface area contributed by atoms with Gasteiger partial charge in [-0.2, -0.15) is 5.10 Å². The molecule has 0 bridgehead atoms. The van der Waals surface area contributed by atoms with Crippen molar-refractivity contribution < 1.29 is 9.53 Å². The lowest BCUT2D eigenvalue weighted by Crippen LogP contribution is -2.38. The SMILES string of the molecule is O=C(Nc1c[nH]nc1-c1nc2cc(CN3CCOCC3)ccc2[nH]1)C1CCN(c2ccccn2)CC1. The van der Waals surface area contributed by atoms with Gasteiger partial charge in [0.05, 0.1) is 29.9 Å². The highest BCUT2D eigenvalue weighted by molar-refractivity contribution is 5.96. The molecule has 10 nitrogen and oxygen atoms in total. The van der Waals surface area contributed by atoms with Crippen molar-refractivity contribution in [2.75, 3.05) is 49.6 Å². The zero-order chi connectivity index (χ0) is 24.3. The number of carbonyl (C=O) groups is 1. The van der Waals surface area contributed by atoms with Crippen LogP contribution >= 0.6 is 0 Å². The predicted octanol–water partition coefficient (Wildman–Crippen LogP) is 3.04. The monoisotopic (exact) mass is 486 g/mol. The van der Waals surface area contributed by atoms with Crippen LogP contribution in [0, 0.1) is 5.92 Å². The molecule has 2 aliphatic heterocycles. The summed E-state index contributed by atoms with van der Waals surface area (Å²) < 4.78 is 5.45. The lowest BCUT2D eigenvalue weighted by molar-refractivity contribution is -0.120. The maximum absolute atomic E-state index is 13.1. The van der Waals surface area contributed by atoms with Crippen LogP contribution in [0.2, 0.25) is 0 Å². The number of morpholine rings is 1. The number of nitrogens with zero attached hydrogens (tertiary/aromatic N) is 5. The molecule has 1 amide bonds. The van der Waals surface area contributed by atoms with Gasteiger partial charge in [-0.15, -0.1) is 0 Å². The number of benzene rings is 1. The number of rotatable bonds is 6. The van der Waals surface area contributed by atoms with E-state index in [2.05, 4.69) is 53.5 Å². The molecular formula is C26H30N8O2. The molecule has 0 radical (unpaired) electrons. The van der Waals surface area contributed by atoms with Gasteiger partial charge < -0.3 is 19.9 Å². The standard InChI is InChI=1S/C26H30N8O2/c35-26(19-6-9-34(10-7-19)23-3-1-2-8-27-23)31-22-16-28-32-24(22)25-29-20-5-4-18(15-21(20)30-25)17-33-11-13-36-14-12-33/h1-5,8,15-16,19H,6-7,9-14,17H2,(H,28,32)(H,29,30)(H,31,35). The molecule has 186 valence electrons. The first-order chi connectivity index (χ1) is 17.7. The number of fused-ring (bicyclic) bond motifs is 1. The first kappa shape index (κ1) is 22.7. The minimum atomic E-state index is -0.0499. The number of aromatic nitrogens is 5. The third-order valence-electron chi connectivity index (χ3n) is 7.02. The Bertz CT molecular complexity index is 1320. The molecule has 6 rings (SSSR count). The topological polar surface area (TPSA) is 115 Å². The molecule has 3 aromatic heterocycles. The summed E-state index contributed by atoms with van der Waals surface area (Å²) in [6.07, 6.45) is 5.09. The molecule has 3 N–H and O–H groups in total. The van der Waals surface area contributed by atoms with Crippen LogP contribution < -0.4 is 10.2 Å². The van der Waals surface area contributed by atoms with Crippen molar-refractivity contribution in [3.63, 3.8) is 0 Å². The number of amides is 1. The summed E-state index contributed by atoms with van der Waals surface area (Å²) in [4.78, 5) is 30.3. The van der Waals surface area contributed by atoms with Gasteiger partial charge in [-0.1, -0.05) is 12.1 Å². The fourth-order valence-electron chi connectivity index (χ4n) is 4.99. The van der Waals surface area contributed by atoms with Gasteiger partial charge in [0.2, 0.25) is 5.91 Å². The Morgan fingerprint density at radius 2 is 1.97 bits per heavy atom. The maximum atomic E-state index is 13.1. The van der Waals surface area contributed by atoms with Gasteiger partial charge in [-0.3, -0.25) is 14.8 Å². The third kappa shape index (κ3) is 4.82. The average molecular weight is 487 g/mol. The van der Waals surface area contributed by atoms with E-state index in [0.717, 1.165) is 75.6 Å². The molecule has 10 heteroatoms. The van der Waals surface area contributed by atoms with Gasteiger partial charge in [0.1, 0.15) is 5.82 Å². The molecule has 2 aliphatic rings. The molecule has 0 atom stereocenters. The van der Waals surface area contributed by atoms with Gasteiger partial charge >= 0.3 is 0 Å². The van der Waals surface area contributed by atoms with Crippen LogP contribution in [0.3, 0.4) is 0 Å². The minimum Gasteiger partial charge on any atom is -0.379 e. The first-order valence-corrected chi connectivity index (χ1v) is 12.5. The summed E-state index contributed by atoms with van der Waals surface area (Å²) in [5.74, 6) is 1.56. The zero-order valence-corrected chi connectivity index (χ0v) is 20.1. The van der Waals surface area contributed by atoms with E-state index in [1.54, 1.807) is 12.4 Å². The van der Waals surface area contributed by atoms with Gasteiger partial charge in [0.15, 0.2) is 11.5 Å². The second-order valence-electron chi connectivity index (χ2n) is 9.41. The van der Waals surface area contributed by atoms with Crippen molar-refractivity contribution in [3.8, 4) is 11.5 Å². The van der Waals surface area contributed by atoms with Crippen LogP contribution in [0.25, 0.3) is 22.6 Å². The largest absolute Gasteiger partial charge is 0.379 e. The molecular weight excluding hydrogens is 456 g/mol. The second-order valence-corrected chi connectivity index (χ2v) is 9.41. The van der Waals surface area contributed by atoms with Crippen LogP contribution in [0.4, 0.5) is 11.5 Å². The fourth-order valence-corrected chi connectivity index (χ4v) is 4.99. The molecule has 2 saturated heterocycles. The van der Waals surface area contributed by atoms with Crippen LogP contribution in [-0.2, 0) is 16.1 Å². The highest BCUT2D eigenvalue weighted by atomic mass is 16.5. The molecule has 0 aliphatic carbocycles. The van der Waals surface area contributed by atoms with E-state index >= 15 is 0 Å². The number of carbonyl (C=O) groups excluding carboxylic acids is 1. The van der Waals surface area contributed by atoms with E-state index in [9.17, 15) is 4.79 Å². The number of pyridine rings is 1. The molecule has 2 fully saturated rings. The van der Waals surface area contributed by atoms with E-state index in [1.807, 2.05) is 18.2 Å². The van der Waals surface area contributed by atoms with Crippen molar-refractivity contribution in [1.29, 1.82) is 0 Å². The van der Waals surface area contributed by atoms with E-state index < -0.39 is 0 Å². The number of aromatic amines is 2. The normalized spacial score (nSPS) is 17.5. The Hall–Kier alpha value is -3.76. The predicted molar refractivity (Wildman–Crippen MR) is 138 cm³/mol. The Labute approximate surface area is 209 Å². The summed E-state index contributed by atoms with van der Waals surface area (Å²) in [5.41, 5.74) is 4.30. The van der Waals surface area contributed by atoms with Gasteiger partial charge in [0.25, 0.3) is 0 Å². The Morgan fingerprint density at radius 3 is 2.78 bits per heavy atom. The Kier molecular flexibility index (Phi) is 6.35. The number of imidazole rings is 1. The maximum Gasteiger partial charge on any atom is 0.227 e. The molecule has 4 aromatic rings. The number of hydrogen-bond acceptors (Lipinski definition) is 7. The summed E-state index contributed by atoms with van der Waals surface area (Å²) in [6.45, 7) is 5.96. The van der Waals surface area contributed by atoms with Crippen LogP contribution in [0.5, 0.6) is 0 Å². The molecule has 0 saturated carbocycles. The number of piperidine rings is 1. The smallest absolute Gasteiger partial charge is 0.227 e. The van der Waals surface area contributed by atoms with Crippen molar-refractivity contribution in [2.24, 2.45) is 5.92 Å². The van der Waals surface area contributed by atoms with Crippen LogP contribution in [-0.4, -0.2) is 75.3 Å². The van der Waals surface area contributed by atoms with E-state index in [4.69, 9.17) is 9.72 Å². The van der Waals surface area contributed by atoms with Gasteiger partial charge in [0, 0.05) is 51.0 Å². The number of ether oxygens (including phenoxy) is 1. The number of anilines is 2. The molecule has 36 heavy (non-hydrogen) atoms. The number of nitrogens with one attached hydrogen (secondary N) is 3. The third-order valence-corrected chi connectivity index (χ3v) is 7.02. The summed E-state index contributed by atoms with van der Waals surface area (Å²) >= 11 is 0. The van der Waals surface area contributed by atoms with Crippen molar-refractivity contribution in [3.05, 3.63) is 54.4 Å².